The van der Waals surface area contributed by atoms with Crippen molar-refractivity contribution < 1.29 is 24.2 Å². The number of methoxy groups -OCH3 is 2. The van der Waals surface area contributed by atoms with Gasteiger partial charge in [0, 0.05) is 16.9 Å². The van der Waals surface area contributed by atoms with Crippen LogP contribution in [0, 0.1) is 6.92 Å². The Morgan fingerprint density at radius 3 is 2.35 bits per heavy atom. The third-order valence-corrected chi connectivity index (χ3v) is 5.33. The number of amides is 1. The number of aryl methyl sites for hydroxylation is 1. The second kappa shape index (κ2) is 8.02. The molecule has 3 aromatic rings. The lowest BCUT2D eigenvalue weighted by molar-refractivity contribution is 0.0689. The minimum atomic E-state index is -1.18. The number of rotatable bonds is 5. The zero-order valence-electron chi connectivity index (χ0n) is 17.4. The van der Waals surface area contributed by atoms with Crippen LogP contribution in [0.4, 0.5) is 11.4 Å². The van der Waals surface area contributed by atoms with Crippen LogP contribution in [0.15, 0.2) is 60.7 Å². The molecule has 1 amide bonds. The number of fused-ring (bicyclic) bond motifs is 1. The molecule has 0 saturated heterocycles. The van der Waals surface area contributed by atoms with Crippen LogP contribution < -0.4 is 19.7 Å². The maximum Gasteiger partial charge on any atom is 0.340 e. The number of carbonyl (C=O) groups excluding carboxylic acids is 1. The molecule has 0 aliphatic carbocycles. The number of benzene rings is 3. The summed E-state index contributed by atoms with van der Waals surface area (Å²) in [5, 5.41) is 13.4. The summed E-state index contributed by atoms with van der Waals surface area (Å²) in [6.45, 7) is 1.96. The molecular formula is C24H22N2O5. The Labute approximate surface area is 179 Å². The molecule has 1 aliphatic rings. The van der Waals surface area contributed by atoms with Gasteiger partial charge >= 0.3 is 5.97 Å². The van der Waals surface area contributed by atoms with Gasteiger partial charge in [0.1, 0.15) is 11.7 Å². The van der Waals surface area contributed by atoms with E-state index in [1.54, 1.807) is 35.2 Å². The summed E-state index contributed by atoms with van der Waals surface area (Å²) < 4.78 is 10.7. The number of aromatic carboxylic acids is 1. The van der Waals surface area contributed by atoms with Crippen molar-refractivity contribution in [2.75, 3.05) is 24.4 Å². The highest BCUT2D eigenvalue weighted by atomic mass is 16.5. The highest BCUT2D eigenvalue weighted by Gasteiger charge is 2.37. The maximum atomic E-state index is 13.5. The Hall–Kier alpha value is -4.00. The van der Waals surface area contributed by atoms with E-state index in [0.717, 1.165) is 5.56 Å². The average Bonchev–Trinajstić information content (AvgIpc) is 2.78. The van der Waals surface area contributed by atoms with E-state index in [4.69, 9.17) is 9.47 Å². The summed E-state index contributed by atoms with van der Waals surface area (Å²) in [6, 6.07) is 18.0. The second-order valence-electron chi connectivity index (χ2n) is 7.17. The van der Waals surface area contributed by atoms with Gasteiger partial charge < -0.3 is 19.9 Å². The summed E-state index contributed by atoms with van der Waals surface area (Å²) in [4.78, 5) is 27.4. The van der Waals surface area contributed by atoms with Crippen molar-refractivity contribution in [2.45, 2.75) is 13.1 Å². The van der Waals surface area contributed by atoms with Crippen molar-refractivity contribution in [1.82, 2.24) is 0 Å². The standard InChI is InChI=1S/C24H22N2O5/c1-14-8-10-15(11-9-14)26-22(25-18-7-5-4-6-16(18)23(26)27)17-12-13-19(30-2)21(31-3)20(17)24(28)29/h4-13,22,25H,1-3H3,(H,28,29)/t22-/m0/s1. The number of nitrogens with zero attached hydrogens (tertiary/aromatic N) is 1. The predicted molar refractivity (Wildman–Crippen MR) is 117 cm³/mol. The van der Waals surface area contributed by atoms with Crippen LogP contribution in [-0.4, -0.2) is 31.2 Å². The highest BCUT2D eigenvalue weighted by molar-refractivity contribution is 6.12. The second-order valence-corrected chi connectivity index (χ2v) is 7.17. The first kappa shape index (κ1) is 20.3. The number of carboxylic acid groups (broad SMARTS) is 1. The summed E-state index contributed by atoms with van der Waals surface area (Å²) in [6.07, 6.45) is -0.768. The lowest BCUT2D eigenvalue weighted by Crippen LogP contribution is -2.43. The SMILES string of the molecule is COc1ccc([C@H]2Nc3ccccc3C(=O)N2c2ccc(C)cc2)c(C(=O)O)c1OC. The number of anilines is 2. The normalized spacial score (nSPS) is 15.1. The molecule has 3 aromatic carbocycles. The number of ether oxygens (including phenoxy) is 2. The Bertz CT molecular complexity index is 1160. The molecule has 1 aliphatic heterocycles. The first-order valence-corrected chi connectivity index (χ1v) is 9.70. The Kier molecular flexibility index (Phi) is 5.25. The highest BCUT2D eigenvalue weighted by Crippen LogP contribution is 2.42. The third-order valence-electron chi connectivity index (χ3n) is 5.33. The van der Waals surface area contributed by atoms with Crippen LogP contribution >= 0.6 is 0 Å². The van der Waals surface area contributed by atoms with Gasteiger partial charge in [-0.15, -0.1) is 0 Å². The van der Waals surface area contributed by atoms with E-state index < -0.39 is 12.1 Å². The Balaban J connectivity index is 1.96. The summed E-state index contributed by atoms with van der Waals surface area (Å²) in [5.41, 5.74) is 3.16. The van der Waals surface area contributed by atoms with Crippen molar-refractivity contribution in [1.29, 1.82) is 0 Å². The van der Waals surface area contributed by atoms with Gasteiger partial charge in [-0.2, -0.15) is 0 Å². The minimum Gasteiger partial charge on any atom is -0.493 e. The zero-order chi connectivity index (χ0) is 22.1. The largest absolute Gasteiger partial charge is 0.493 e. The fraction of sp³-hybridized carbons (Fsp3) is 0.167. The molecule has 7 heteroatoms. The quantitative estimate of drug-likeness (QED) is 0.635. The van der Waals surface area contributed by atoms with Gasteiger partial charge in [0.2, 0.25) is 0 Å². The van der Waals surface area contributed by atoms with Crippen LogP contribution in [-0.2, 0) is 0 Å². The molecular weight excluding hydrogens is 396 g/mol. The molecule has 0 fully saturated rings. The molecule has 1 heterocycles. The maximum absolute atomic E-state index is 13.5. The van der Waals surface area contributed by atoms with Gasteiger partial charge in [-0.25, -0.2) is 4.79 Å². The number of nitrogens with one attached hydrogen (secondary N) is 1. The van der Waals surface area contributed by atoms with E-state index in [2.05, 4.69) is 5.32 Å². The van der Waals surface area contributed by atoms with Crippen LogP contribution in [0.5, 0.6) is 11.5 Å². The topological polar surface area (TPSA) is 88.1 Å². The molecule has 0 spiro atoms. The molecule has 1 atom stereocenters. The van der Waals surface area contributed by atoms with E-state index in [1.807, 2.05) is 37.3 Å². The summed E-state index contributed by atoms with van der Waals surface area (Å²) in [5.74, 6) is -1.01. The number of hydrogen-bond acceptors (Lipinski definition) is 5. The molecule has 0 radical (unpaired) electrons. The number of para-hydroxylation sites is 1. The Morgan fingerprint density at radius 1 is 1.00 bits per heavy atom. The molecule has 0 aromatic heterocycles. The molecule has 4 rings (SSSR count). The van der Waals surface area contributed by atoms with E-state index in [-0.39, 0.29) is 17.2 Å². The number of carboxylic acids is 1. The van der Waals surface area contributed by atoms with Gasteiger partial charge in [0.25, 0.3) is 5.91 Å². The van der Waals surface area contributed by atoms with Crippen molar-refractivity contribution in [3.8, 4) is 11.5 Å². The first-order chi connectivity index (χ1) is 15.0. The molecule has 0 saturated carbocycles. The van der Waals surface area contributed by atoms with Crippen molar-refractivity contribution in [3.05, 3.63) is 82.9 Å². The summed E-state index contributed by atoms with van der Waals surface area (Å²) >= 11 is 0. The van der Waals surface area contributed by atoms with Gasteiger partial charge in [0.15, 0.2) is 11.5 Å². The number of carbonyl (C=O) groups is 2. The fourth-order valence-electron chi connectivity index (χ4n) is 3.83. The van der Waals surface area contributed by atoms with Crippen LogP contribution in [0.2, 0.25) is 0 Å². The lowest BCUT2D eigenvalue weighted by atomic mass is 9.97. The van der Waals surface area contributed by atoms with E-state index >= 15 is 0 Å². The summed E-state index contributed by atoms with van der Waals surface area (Å²) in [7, 11) is 2.83. The Morgan fingerprint density at radius 2 is 1.71 bits per heavy atom. The van der Waals surface area contributed by atoms with Gasteiger partial charge in [-0.05, 0) is 37.3 Å². The third kappa shape index (κ3) is 3.44. The predicted octanol–water partition coefficient (Wildman–Crippen LogP) is 4.48. The minimum absolute atomic E-state index is 0.0661. The van der Waals surface area contributed by atoms with Crippen LogP contribution in [0.1, 0.15) is 38.0 Å². The molecule has 2 N–H and O–H groups in total. The monoisotopic (exact) mass is 418 g/mol. The van der Waals surface area contributed by atoms with Gasteiger partial charge in [-0.3, -0.25) is 9.69 Å². The zero-order valence-corrected chi connectivity index (χ0v) is 17.4. The average molecular weight is 418 g/mol. The van der Waals surface area contributed by atoms with Crippen LogP contribution in [0.25, 0.3) is 0 Å². The number of hydrogen-bond donors (Lipinski definition) is 2. The lowest BCUT2D eigenvalue weighted by Gasteiger charge is -2.39. The molecule has 158 valence electrons. The smallest absolute Gasteiger partial charge is 0.340 e. The van der Waals surface area contributed by atoms with E-state index in [9.17, 15) is 14.7 Å². The molecule has 31 heavy (non-hydrogen) atoms. The fourth-order valence-corrected chi connectivity index (χ4v) is 3.83. The van der Waals surface area contributed by atoms with Gasteiger partial charge in [-0.1, -0.05) is 35.9 Å². The van der Waals surface area contributed by atoms with Crippen molar-refractivity contribution >= 4 is 23.3 Å². The first-order valence-electron chi connectivity index (χ1n) is 9.70. The van der Waals surface area contributed by atoms with E-state index in [0.29, 0.717) is 28.3 Å². The molecule has 7 nitrogen and oxygen atoms in total. The van der Waals surface area contributed by atoms with E-state index in [1.165, 1.54) is 14.2 Å². The molecule has 0 bridgehead atoms. The van der Waals surface area contributed by atoms with Crippen LogP contribution in [0.3, 0.4) is 0 Å². The molecule has 0 unspecified atom stereocenters. The van der Waals surface area contributed by atoms with Gasteiger partial charge in [0.05, 0.1) is 19.8 Å². The van der Waals surface area contributed by atoms with Crippen molar-refractivity contribution in [2.24, 2.45) is 0 Å². The van der Waals surface area contributed by atoms with Crippen molar-refractivity contribution in [3.63, 3.8) is 0 Å².